The molecule has 1 N–H and O–H groups in total. The zero-order chi connectivity index (χ0) is 24.5. The Morgan fingerprint density at radius 1 is 1.12 bits per heavy atom. The van der Waals surface area contributed by atoms with E-state index < -0.39 is 21.1 Å². The first kappa shape index (κ1) is 24.6. The fourth-order valence-corrected chi connectivity index (χ4v) is 7.19. The van der Waals surface area contributed by atoms with Gasteiger partial charge in [-0.2, -0.15) is 4.31 Å². The predicted molar refractivity (Wildman–Crippen MR) is 129 cm³/mol. The summed E-state index contributed by atoms with van der Waals surface area (Å²) in [6.07, 6.45) is 1.25. The first-order chi connectivity index (χ1) is 16.2. The van der Waals surface area contributed by atoms with Crippen LogP contribution in [0.1, 0.15) is 43.1 Å². The number of hydrogen-bond donors (Lipinski definition) is 1. The average molecular weight is 490 g/mol. The molecule has 0 saturated carbocycles. The Bertz CT molecular complexity index is 1130. The van der Waals surface area contributed by atoms with Crippen LogP contribution in [0, 0.1) is 5.82 Å². The molecule has 2 heterocycles. The van der Waals surface area contributed by atoms with Gasteiger partial charge in [0.05, 0.1) is 12.6 Å². The third kappa shape index (κ3) is 4.82. The summed E-state index contributed by atoms with van der Waals surface area (Å²) < 4.78 is 43.6. The maximum absolute atomic E-state index is 15.2. The molecule has 184 valence electrons. The van der Waals surface area contributed by atoms with Gasteiger partial charge in [-0.3, -0.25) is 4.79 Å². The standard InChI is InChI=1S/C25H32FN3O4S/c1-18-8-11-25(20-6-4-3-5-7-20)34(32,33)29(18)15-21-9-10-22(14-24(21)26)28-13-12-27(19(2)31)16-23(28)17-30/h3-7,9-10,14,18,23,25,30H,8,11-13,15-17H2,1-2H3. The number of anilines is 1. The molecule has 2 aromatic carbocycles. The molecule has 2 aliphatic heterocycles. The van der Waals surface area contributed by atoms with Crippen LogP contribution in [-0.4, -0.2) is 67.0 Å². The summed E-state index contributed by atoms with van der Waals surface area (Å²) in [6, 6.07) is 13.4. The summed E-state index contributed by atoms with van der Waals surface area (Å²) in [6.45, 7) is 4.54. The van der Waals surface area contributed by atoms with Gasteiger partial charge in [-0.05, 0) is 37.5 Å². The predicted octanol–water partition coefficient (Wildman–Crippen LogP) is 2.91. The second-order valence-electron chi connectivity index (χ2n) is 9.19. The molecule has 2 fully saturated rings. The monoisotopic (exact) mass is 489 g/mol. The van der Waals surface area contributed by atoms with Crippen molar-refractivity contribution < 1.29 is 22.7 Å². The molecule has 0 spiro atoms. The van der Waals surface area contributed by atoms with Crippen molar-refractivity contribution in [3.05, 3.63) is 65.5 Å². The van der Waals surface area contributed by atoms with Crippen molar-refractivity contribution in [2.75, 3.05) is 31.1 Å². The van der Waals surface area contributed by atoms with E-state index in [9.17, 15) is 18.3 Å². The van der Waals surface area contributed by atoms with E-state index in [-0.39, 0.29) is 31.1 Å². The molecule has 9 heteroatoms. The molecule has 0 aliphatic carbocycles. The van der Waals surface area contributed by atoms with Crippen molar-refractivity contribution in [1.82, 2.24) is 9.21 Å². The normalized spacial score (nSPS) is 25.4. The van der Waals surface area contributed by atoms with Crippen molar-refractivity contribution in [1.29, 1.82) is 0 Å². The molecule has 34 heavy (non-hydrogen) atoms. The van der Waals surface area contributed by atoms with Gasteiger partial charge in [-0.15, -0.1) is 0 Å². The van der Waals surface area contributed by atoms with Crippen LogP contribution in [0.4, 0.5) is 10.1 Å². The van der Waals surface area contributed by atoms with Gasteiger partial charge in [0.1, 0.15) is 11.1 Å². The Hall–Kier alpha value is -2.49. The molecule has 0 bridgehead atoms. The van der Waals surface area contributed by atoms with Crippen molar-refractivity contribution in [2.24, 2.45) is 0 Å². The van der Waals surface area contributed by atoms with E-state index in [0.717, 1.165) is 5.56 Å². The zero-order valence-electron chi connectivity index (χ0n) is 19.6. The van der Waals surface area contributed by atoms with Crippen molar-refractivity contribution in [3.8, 4) is 0 Å². The van der Waals surface area contributed by atoms with Crippen LogP contribution < -0.4 is 4.90 Å². The van der Waals surface area contributed by atoms with Crippen LogP contribution in [0.15, 0.2) is 48.5 Å². The molecule has 1 amide bonds. The van der Waals surface area contributed by atoms with Gasteiger partial charge in [-0.1, -0.05) is 36.4 Å². The van der Waals surface area contributed by atoms with Gasteiger partial charge >= 0.3 is 0 Å². The summed E-state index contributed by atoms with van der Waals surface area (Å²) >= 11 is 0. The lowest BCUT2D eigenvalue weighted by Crippen LogP contribution is -2.56. The Labute approximate surface area is 200 Å². The van der Waals surface area contributed by atoms with E-state index in [2.05, 4.69) is 0 Å². The largest absolute Gasteiger partial charge is 0.394 e. The first-order valence-corrected chi connectivity index (χ1v) is 13.2. The van der Waals surface area contributed by atoms with E-state index in [1.54, 1.807) is 17.0 Å². The van der Waals surface area contributed by atoms with E-state index >= 15 is 4.39 Å². The molecular weight excluding hydrogens is 457 g/mol. The lowest BCUT2D eigenvalue weighted by Gasteiger charge is -2.42. The fourth-order valence-electron chi connectivity index (χ4n) is 5.00. The smallest absolute Gasteiger partial charge is 0.221 e. The maximum Gasteiger partial charge on any atom is 0.221 e. The SMILES string of the molecule is CC(=O)N1CCN(c2ccc(CN3C(C)CCC(c4ccccc4)S3(=O)=O)c(F)c2)C(CO)C1. The number of nitrogens with zero attached hydrogens (tertiary/aromatic N) is 3. The van der Waals surface area contributed by atoms with E-state index in [4.69, 9.17) is 0 Å². The number of halogens is 1. The Kier molecular flexibility index (Phi) is 7.25. The molecule has 4 rings (SSSR count). The Morgan fingerprint density at radius 3 is 2.50 bits per heavy atom. The molecule has 7 nitrogen and oxygen atoms in total. The lowest BCUT2D eigenvalue weighted by molar-refractivity contribution is -0.129. The second-order valence-corrected chi connectivity index (χ2v) is 11.3. The minimum Gasteiger partial charge on any atom is -0.394 e. The number of aliphatic hydroxyl groups is 1. The Balaban J connectivity index is 1.55. The zero-order valence-corrected chi connectivity index (χ0v) is 20.4. The number of hydrogen-bond acceptors (Lipinski definition) is 5. The first-order valence-electron chi connectivity index (χ1n) is 11.7. The quantitative estimate of drug-likeness (QED) is 0.699. The lowest BCUT2D eigenvalue weighted by atomic mass is 10.0. The molecule has 0 radical (unpaired) electrons. The van der Waals surface area contributed by atoms with E-state index in [1.807, 2.05) is 42.2 Å². The summed E-state index contributed by atoms with van der Waals surface area (Å²) in [7, 11) is -3.65. The molecule has 3 atom stereocenters. The fraction of sp³-hybridized carbons (Fsp3) is 0.480. The average Bonchev–Trinajstić information content (AvgIpc) is 2.82. The highest BCUT2D eigenvalue weighted by Crippen LogP contribution is 2.38. The summed E-state index contributed by atoms with van der Waals surface area (Å²) in [5, 5.41) is 9.19. The molecular formula is C25H32FN3O4S. The van der Waals surface area contributed by atoms with Gasteiger partial charge in [0.2, 0.25) is 15.9 Å². The van der Waals surface area contributed by atoms with Gasteiger partial charge in [0, 0.05) is 50.4 Å². The van der Waals surface area contributed by atoms with E-state index in [1.165, 1.54) is 17.3 Å². The van der Waals surface area contributed by atoms with Crippen molar-refractivity contribution in [2.45, 2.75) is 50.6 Å². The van der Waals surface area contributed by atoms with Crippen LogP contribution >= 0.6 is 0 Å². The third-order valence-corrected chi connectivity index (χ3v) is 9.40. The van der Waals surface area contributed by atoms with Crippen LogP contribution in [0.5, 0.6) is 0 Å². The molecule has 3 unspecified atom stereocenters. The minimum atomic E-state index is -3.65. The van der Waals surface area contributed by atoms with Crippen LogP contribution in [0.25, 0.3) is 0 Å². The Morgan fingerprint density at radius 2 is 1.85 bits per heavy atom. The summed E-state index contributed by atoms with van der Waals surface area (Å²) in [5.41, 5.74) is 1.69. The van der Waals surface area contributed by atoms with Crippen LogP contribution in [0.2, 0.25) is 0 Å². The number of rotatable bonds is 5. The number of carbonyl (C=O) groups is 1. The van der Waals surface area contributed by atoms with Crippen LogP contribution in [0.3, 0.4) is 0 Å². The highest BCUT2D eigenvalue weighted by atomic mass is 32.2. The number of carbonyl (C=O) groups excluding carboxylic acids is 1. The van der Waals surface area contributed by atoms with E-state index in [0.29, 0.717) is 43.7 Å². The highest BCUT2D eigenvalue weighted by molar-refractivity contribution is 7.89. The van der Waals surface area contributed by atoms with Crippen molar-refractivity contribution in [3.63, 3.8) is 0 Å². The third-order valence-electron chi connectivity index (χ3n) is 7.03. The number of benzene rings is 2. The number of sulfonamides is 1. The number of amides is 1. The summed E-state index contributed by atoms with van der Waals surface area (Å²) in [5.74, 6) is -0.530. The topological polar surface area (TPSA) is 81.2 Å². The van der Waals surface area contributed by atoms with Gasteiger partial charge in [0.15, 0.2) is 0 Å². The summed E-state index contributed by atoms with van der Waals surface area (Å²) in [4.78, 5) is 15.3. The van der Waals surface area contributed by atoms with Gasteiger partial charge in [0.25, 0.3) is 0 Å². The molecule has 0 aromatic heterocycles. The van der Waals surface area contributed by atoms with Crippen LogP contribution in [-0.2, 0) is 21.4 Å². The number of piperazine rings is 1. The molecule has 2 aliphatic rings. The van der Waals surface area contributed by atoms with Gasteiger partial charge in [-0.25, -0.2) is 12.8 Å². The number of aliphatic hydroxyl groups excluding tert-OH is 1. The second kappa shape index (κ2) is 10.0. The molecule has 2 saturated heterocycles. The highest BCUT2D eigenvalue weighted by Gasteiger charge is 2.40. The molecule has 2 aromatic rings. The van der Waals surface area contributed by atoms with Gasteiger partial charge < -0.3 is 14.9 Å². The minimum absolute atomic E-state index is 0.0273. The maximum atomic E-state index is 15.2. The van der Waals surface area contributed by atoms with Crippen molar-refractivity contribution >= 4 is 21.6 Å².